The Morgan fingerprint density at radius 2 is 2.32 bits per heavy atom. The molecule has 9 heteroatoms. The molecule has 2 aromatic rings. The number of rotatable bonds is 2. The molecule has 0 aliphatic carbocycles. The van der Waals surface area contributed by atoms with E-state index in [0.717, 1.165) is 5.56 Å². The number of aromatic nitrogens is 5. The van der Waals surface area contributed by atoms with Crippen LogP contribution in [0.4, 0.5) is 5.82 Å². The van der Waals surface area contributed by atoms with E-state index in [9.17, 15) is 8.42 Å². The van der Waals surface area contributed by atoms with Gasteiger partial charge in [-0.1, -0.05) is 0 Å². The van der Waals surface area contributed by atoms with Crippen LogP contribution in [0.5, 0.6) is 0 Å². The maximum absolute atomic E-state index is 11.5. The molecule has 0 aromatic carbocycles. The van der Waals surface area contributed by atoms with Crippen molar-refractivity contribution in [2.24, 2.45) is 0 Å². The molecule has 0 saturated carbocycles. The van der Waals surface area contributed by atoms with E-state index in [1.54, 1.807) is 10.9 Å². The third kappa shape index (κ3) is 1.99. The number of H-pyrrole nitrogens is 1. The van der Waals surface area contributed by atoms with Crippen molar-refractivity contribution < 1.29 is 8.42 Å². The summed E-state index contributed by atoms with van der Waals surface area (Å²) in [5.74, 6) is 0.770. The highest BCUT2D eigenvalue weighted by molar-refractivity contribution is 7.91. The van der Waals surface area contributed by atoms with Gasteiger partial charge in [0.15, 0.2) is 9.84 Å². The molecule has 3 heterocycles. The summed E-state index contributed by atoms with van der Waals surface area (Å²) >= 11 is 0. The second-order valence-corrected chi connectivity index (χ2v) is 6.94. The highest BCUT2D eigenvalue weighted by Crippen LogP contribution is 2.31. The van der Waals surface area contributed by atoms with Crippen LogP contribution in [0.15, 0.2) is 6.20 Å². The van der Waals surface area contributed by atoms with Gasteiger partial charge in [-0.15, -0.1) is 0 Å². The molecule has 0 bridgehead atoms. The topological polar surface area (TPSA) is 120 Å². The maximum Gasteiger partial charge on any atom is 0.152 e. The van der Waals surface area contributed by atoms with Crippen molar-refractivity contribution in [3.63, 3.8) is 0 Å². The number of anilines is 1. The van der Waals surface area contributed by atoms with Crippen molar-refractivity contribution >= 4 is 15.7 Å². The van der Waals surface area contributed by atoms with Gasteiger partial charge in [-0.2, -0.15) is 20.5 Å². The molecule has 0 radical (unpaired) electrons. The zero-order chi connectivity index (χ0) is 13.6. The normalized spacial score (nSPS) is 21.8. The molecule has 3 N–H and O–H groups in total. The monoisotopic (exact) mass is 282 g/mol. The van der Waals surface area contributed by atoms with Crippen LogP contribution in [0.25, 0.3) is 11.4 Å². The van der Waals surface area contributed by atoms with Crippen LogP contribution in [0.1, 0.15) is 18.0 Å². The quantitative estimate of drug-likeness (QED) is 0.795. The van der Waals surface area contributed by atoms with Gasteiger partial charge in [-0.3, -0.25) is 0 Å². The van der Waals surface area contributed by atoms with Crippen LogP contribution in [0.2, 0.25) is 0 Å². The third-order valence-electron chi connectivity index (χ3n) is 3.41. The first kappa shape index (κ1) is 12.2. The Morgan fingerprint density at radius 3 is 2.89 bits per heavy atom. The van der Waals surface area contributed by atoms with E-state index in [0.29, 0.717) is 23.6 Å². The molecule has 1 fully saturated rings. The summed E-state index contributed by atoms with van der Waals surface area (Å²) in [5.41, 5.74) is 8.05. The summed E-state index contributed by atoms with van der Waals surface area (Å²) in [6.45, 7) is 1.84. The van der Waals surface area contributed by atoms with Gasteiger partial charge in [0.2, 0.25) is 0 Å². The van der Waals surface area contributed by atoms with Crippen molar-refractivity contribution in [1.82, 2.24) is 25.2 Å². The minimum Gasteiger partial charge on any atom is -0.384 e. The fourth-order valence-electron chi connectivity index (χ4n) is 2.34. The van der Waals surface area contributed by atoms with Crippen molar-refractivity contribution in [2.75, 3.05) is 17.2 Å². The second-order valence-electron chi connectivity index (χ2n) is 4.72. The lowest BCUT2D eigenvalue weighted by Gasteiger charge is -2.10. The molecule has 1 atom stereocenters. The van der Waals surface area contributed by atoms with Gasteiger partial charge >= 0.3 is 0 Å². The Hall–Kier alpha value is -1.90. The first-order valence-electron chi connectivity index (χ1n) is 5.89. The van der Waals surface area contributed by atoms with E-state index in [-0.39, 0.29) is 17.5 Å². The predicted molar refractivity (Wildman–Crippen MR) is 69.1 cm³/mol. The number of nitrogens with zero attached hydrogens (tertiary/aromatic N) is 4. The lowest BCUT2D eigenvalue weighted by Crippen LogP contribution is -2.14. The van der Waals surface area contributed by atoms with Gasteiger partial charge in [0.1, 0.15) is 17.2 Å². The number of sulfone groups is 1. The van der Waals surface area contributed by atoms with Crippen LogP contribution in [0, 0.1) is 6.92 Å². The van der Waals surface area contributed by atoms with E-state index >= 15 is 0 Å². The second kappa shape index (κ2) is 4.05. The van der Waals surface area contributed by atoms with Crippen LogP contribution < -0.4 is 5.73 Å². The van der Waals surface area contributed by atoms with Gasteiger partial charge in [0.25, 0.3) is 0 Å². The molecule has 1 aliphatic rings. The highest BCUT2D eigenvalue weighted by atomic mass is 32.2. The first-order valence-corrected chi connectivity index (χ1v) is 7.71. The van der Waals surface area contributed by atoms with Crippen LogP contribution >= 0.6 is 0 Å². The molecule has 1 saturated heterocycles. The molecule has 102 valence electrons. The SMILES string of the molecule is Cc1c(-c2cn[nH]n2)nn(C2CCS(=O)(=O)C2)c1N. The molecule has 2 aromatic heterocycles. The van der Waals surface area contributed by atoms with Crippen molar-refractivity contribution in [3.8, 4) is 11.4 Å². The molecule has 3 rings (SSSR count). The van der Waals surface area contributed by atoms with Crippen molar-refractivity contribution in [2.45, 2.75) is 19.4 Å². The number of aromatic amines is 1. The summed E-state index contributed by atoms with van der Waals surface area (Å²) in [4.78, 5) is 0. The van der Waals surface area contributed by atoms with Crippen molar-refractivity contribution in [1.29, 1.82) is 0 Å². The first-order chi connectivity index (χ1) is 8.98. The fraction of sp³-hybridized carbons (Fsp3) is 0.500. The van der Waals surface area contributed by atoms with Crippen LogP contribution in [-0.4, -0.2) is 45.1 Å². The Kier molecular flexibility index (Phi) is 2.59. The standard InChI is InChI=1S/C10H14N6O2S/c1-6-9(8-4-12-15-13-8)14-16(10(6)11)7-2-3-19(17,18)5-7/h4,7H,2-3,5,11H2,1H3,(H,12,13,15). The van der Waals surface area contributed by atoms with Gasteiger partial charge in [0.05, 0.1) is 23.7 Å². The zero-order valence-electron chi connectivity index (χ0n) is 10.4. The summed E-state index contributed by atoms with van der Waals surface area (Å²) in [7, 11) is -2.97. The summed E-state index contributed by atoms with van der Waals surface area (Å²) in [6, 6.07) is -0.190. The highest BCUT2D eigenvalue weighted by Gasteiger charge is 2.32. The zero-order valence-corrected chi connectivity index (χ0v) is 11.2. The van der Waals surface area contributed by atoms with E-state index in [1.165, 1.54) is 0 Å². The Bertz CT molecular complexity index is 703. The molecular weight excluding hydrogens is 268 g/mol. The Labute approximate surface area is 109 Å². The Morgan fingerprint density at radius 1 is 1.53 bits per heavy atom. The summed E-state index contributed by atoms with van der Waals surface area (Å²) in [6.07, 6.45) is 2.11. The lowest BCUT2D eigenvalue weighted by atomic mass is 10.2. The van der Waals surface area contributed by atoms with Gasteiger partial charge in [0, 0.05) is 5.56 Å². The largest absolute Gasteiger partial charge is 0.384 e. The predicted octanol–water partition coefficient (Wildman–Crippen LogP) is -0.0816. The van der Waals surface area contributed by atoms with E-state index in [2.05, 4.69) is 20.5 Å². The van der Waals surface area contributed by atoms with Crippen LogP contribution in [0.3, 0.4) is 0 Å². The molecule has 8 nitrogen and oxygen atoms in total. The molecule has 1 unspecified atom stereocenters. The molecule has 0 amide bonds. The Balaban J connectivity index is 2.03. The minimum atomic E-state index is -2.97. The van der Waals surface area contributed by atoms with Crippen molar-refractivity contribution in [3.05, 3.63) is 11.8 Å². The average Bonchev–Trinajstić information content (AvgIpc) is 3.03. The molecule has 1 aliphatic heterocycles. The lowest BCUT2D eigenvalue weighted by molar-refractivity contribution is 0.508. The number of hydrogen-bond acceptors (Lipinski definition) is 6. The smallest absolute Gasteiger partial charge is 0.152 e. The van der Waals surface area contributed by atoms with E-state index in [4.69, 9.17) is 5.73 Å². The van der Waals surface area contributed by atoms with Gasteiger partial charge in [-0.25, -0.2) is 13.1 Å². The number of nitrogens with one attached hydrogen (secondary N) is 1. The molecule has 19 heavy (non-hydrogen) atoms. The average molecular weight is 282 g/mol. The summed E-state index contributed by atoms with van der Waals surface area (Å²) < 4.78 is 24.7. The fourth-order valence-corrected chi connectivity index (χ4v) is 4.03. The van der Waals surface area contributed by atoms with E-state index in [1.807, 2.05) is 6.92 Å². The maximum atomic E-state index is 11.5. The van der Waals surface area contributed by atoms with Gasteiger partial charge in [-0.05, 0) is 13.3 Å². The number of hydrogen-bond donors (Lipinski definition) is 2. The number of nitrogen functional groups attached to an aromatic ring is 1. The van der Waals surface area contributed by atoms with Crippen LogP contribution in [-0.2, 0) is 9.84 Å². The molecular formula is C10H14N6O2S. The minimum absolute atomic E-state index is 0.0938. The van der Waals surface area contributed by atoms with Gasteiger partial charge < -0.3 is 5.73 Å². The third-order valence-corrected chi connectivity index (χ3v) is 5.16. The number of nitrogens with two attached hydrogens (primary N) is 1. The van der Waals surface area contributed by atoms with E-state index < -0.39 is 9.84 Å². The molecule has 0 spiro atoms. The summed E-state index contributed by atoms with van der Waals surface area (Å²) in [5, 5.41) is 14.6.